The van der Waals surface area contributed by atoms with E-state index >= 15 is 0 Å². The first kappa shape index (κ1) is 20.8. The summed E-state index contributed by atoms with van der Waals surface area (Å²) in [6.07, 6.45) is 4.40. The highest BCUT2D eigenvalue weighted by molar-refractivity contribution is 6.09. The summed E-state index contributed by atoms with van der Waals surface area (Å²) >= 11 is 0. The normalized spacial score (nSPS) is 13.9. The molecule has 0 spiro atoms. The summed E-state index contributed by atoms with van der Waals surface area (Å²) in [7, 11) is 0. The average molecular weight is 464 g/mol. The lowest BCUT2D eigenvalue weighted by Crippen LogP contribution is -2.16. The van der Waals surface area contributed by atoms with Gasteiger partial charge < -0.3 is 0 Å². The quantitative estimate of drug-likeness (QED) is 0.265. The van der Waals surface area contributed by atoms with Crippen molar-refractivity contribution in [2.75, 3.05) is 0 Å². The standard InChI is InChI=1S/C33H25N3/c1-33(2)21-20-27-30(33)31(26-17-7-6-14-23(26)22-12-4-3-5-13-22)35-32(34-27)36-28-18-10-8-15-24(28)25-16-9-11-19-29(25)36/h3-21H,1-2H3. The fraction of sp³-hybridized carbons (Fsp3) is 0.0909. The van der Waals surface area contributed by atoms with Gasteiger partial charge in [0.05, 0.1) is 22.4 Å². The van der Waals surface area contributed by atoms with Crippen LogP contribution in [0.4, 0.5) is 0 Å². The number of hydrogen-bond acceptors (Lipinski definition) is 2. The van der Waals surface area contributed by atoms with Gasteiger partial charge in [0.1, 0.15) is 0 Å². The third-order valence-corrected chi connectivity index (χ3v) is 7.27. The van der Waals surface area contributed by atoms with E-state index in [-0.39, 0.29) is 5.41 Å². The van der Waals surface area contributed by atoms with E-state index in [0.717, 1.165) is 28.0 Å². The fourth-order valence-corrected chi connectivity index (χ4v) is 5.58. The van der Waals surface area contributed by atoms with Gasteiger partial charge in [0, 0.05) is 27.3 Å². The summed E-state index contributed by atoms with van der Waals surface area (Å²) in [5.41, 5.74) is 8.71. The molecule has 0 aliphatic heterocycles. The molecule has 0 saturated heterocycles. The van der Waals surface area contributed by atoms with Gasteiger partial charge in [-0.2, -0.15) is 0 Å². The van der Waals surface area contributed by atoms with Crippen molar-refractivity contribution >= 4 is 27.9 Å². The molecule has 0 radical (unpaired) electrons. The first-order chi connectivity index (χ1) is 17.6. The van der Waals surface area contributed by atoms with Crippen molar-refractivity contribution in [1.29, 1.82) is 0 Å². The Kier molecular flexibility index (Phi) is 4.49. The summed E-state index contributed by atoms with van der Waals surface area (Å²) in [4.78, 5) is 10.5. The third-order valence-electron chi connectivity index (χ3n) is 7.27. The second kappa shape index (κ2) is 7.76. The van der Waals surface area contributed by atoms with E-state index < -0.39 is 0 Å². The summed E-state index contributed by atoms with van der Waals surface area (Å²) in [5, 5.41) is 2.42. The molecule has 0 amide bonds. The maximum absolute atomic E-state index is 5.35. The molecule has 1 aliphatic carbocycles. The van der Waals surface area contributed by atoms with Crippen molar-refractivity contribution in [3.05, 3.63) is 120 Å². The molecule has 7 rings (SSSR count). The second-order valence-electron chi connectivity index (χ2n) is 9.97. The van der Waals surface area contributed by atoms with Crippen molar-refractivity contribution in [3.63, 3.8) is 0 Å². The van der Waals surface area contributed by atoms with Gasteiger partial charge >= 0.3 is 0 Å². The zero-order valence-corrected chi connectivity index (χ0v) is 20.3. The molecule has 2 aromatic heterocycles. The van der Waals surface area contributed by atoms with Crippen molar-refractivity contribution in [1.82, 2.24) is 14.5 Å². The Hall–Kier alpha value is -4.50. The molecule has 3 heteroatoms. The SMILES string of the molecule is CC1(C)C=Cc2nc(-n3c4ccccc4c4ccccc43)nc(-c3ccccc3-c3ccccc3)c21. The van der Waals surface area contributed by atoms with Crippen LogP contribution in [0.1, 0.15) is 25.1 Å². The number of rotatable bonds is 3. The molecular formula is C33H25N3. The van der Waals surface area contributed by atoms with Crippen molar-refractivity contribution in [2.45, 2.75) is 19.3 Å². The Morgan fingerprint density at radius 2 is 1.19 bits per heavy atom. The van der Waals surface area contributed by atoms with E-state index in [1.165, 1.54) is 27.5 Å². The number of nitrogens with zero attached hydrogens (tertiary/aromatic N) is 3. The largest absolute Gasteiger partial charge is 0.278 e. The Morgan fingerprint density at radius 1 is 0.611 bits per heavy atom. The molecule has 1 aliphatic rings. The Bertz CT molecular complexity index is 1750. The molecule has 0 atom stereocenters. The molecule has 0 fully saturated rings. The molecule has 172 valence electrons. The van der Waals surface area contributed by atoms with E-state index in [1.807, 2.05) is 0 Å². The van der Waals surface area contributed by atoms with Gasteiger partial charge in [-0.3, -0.25) is 4.57 Å². The van der Waals surface area contributed by atoms with Crippen LogP contribution in [0.3, 0.4) is 0 Å². The highest BCUT2D eigenvalue weighted by Crippen LogP contribution is 2.43. The number of aromatic nitrogens is 3. The van der Waals surface area contributed by atoms with Gasteiger partial charge in [-0.1, -0.05) is 111 Å². The smallest absolute Gasteiger partial charge is 0.235 e. The van der Waals surface area contributed by atoms with Gasteiger partial charge in [0.25, 0.3) is 0 Å². The van der Waals surface area contributed by atoms with E-state index in [1.54, 1.807) is 0 Å². The predicted molar refractivity (Wildman–Crippen MR) is 149 cm³/mol. The molecule has 2 heterocycles. The zero-order chi connectivity index (χ0) is 24.3. The fourth-order valence-electron chi connectivity index (χ4n) is 5.58. The van der Waals surface area contributed by atoms with Crippen LogP contribution in [0.2, 0.25) is 0 Å². The van der Waals surface area contributed by atoms with Crippen LogP contribution in [-0.4, -0.2) is 14.5 Å². The number of benzene rings is 4. The lowest BCUT2D eigenvalue weighted by molar-refractivity contribution is 0.677. The van der Waals surface area contributed by atoms with E-state index in [9.17, 15) is 0 Å². The van der Waals surface area contributed by atoms with Crippen LogP contribution in [0.5, 0.6) is 0 Å². The molecule has 0 N–H and O–H groups in total. The Morgan fingerprint density at radius 3 is 1.89 bits per heavy atom. The predicted octanol–water partition coefficient (Wildman–Crippen LogP) is 8.21. The average Bonchev–Trinajstić information content (AvgIpc) is 3.42. The first-order valence-electron chi connectivity index (χ1n) is 12.4. The lowest BCUT2D eigenvalue weighted by atomic mass is 9.84. The summed E-state index contributed by atoms with van der Waals surface area (Å²) in [5.74, 6) is 0.700. The van der Waals surface area contributed by atoms with Gasteiger partial charge in [-0.25, -0.2) is 9.97 Å². The van der Waals surface area contributed by atoms with Crippen molar-refractivity contribution in [3.8, 4) is 28.3 Å². The number of para-hydroxylation sites is 2. The highest BCUT2D eigenvalue weighted by Gasteiger charge is 2.32. The Balaban J connectivity index is 1.57. The molecule has 6 aromatic rings. The van der Waals surface area contributed by atoms with Crippen LogP contribution in [-0.2, 0) is 5.41 Å². The maximum atomic E-state index is 5.35. The van der Waals surface area contributed by atoms with Crippen LogP contribution in [0.25, 0.3) is 56.2 Å². The monoisotopic (exact) mass is 463 g/mol. The van der Waals surface area contributed by atoms with Gasteiger partial charge in [-0.15, -0.1) is 0 Å². The second-order valence-corrected chi connectivity index (χ2v) is 9.97. The summed E-state index contributed by atoms with van der Waals surface area (Å²) < 4.78 is 2.21. The molecule has 0 unspecified atom stereocenters. The Labute approximate surface area is 210 Å². The van der Waals surface area contributed by atoms with Crippen LogP contribution in [0, 0.1) is 0 Å². The van der Waals surface area contributed by atoms with Crippen molar-refractivity contribution in [2.24, 2.45) is 0 Å². The van der Waals surface area contributed by atoms with Gasteiger partial charge in [0.15, 0.2) is 0 Å². The van der Waals surface area contributed by atoms with Crippen LogP contribution >= 0.6 is 0 Å². The van der Waals surface area contributed by atoms with E-state index in [0.29, 0.717) is 5.95 Å². The number of allylic oxidation sites excluding steroid dienone is 1. The molecule has 0 saturated carbocycles. The zero-order valence-electron chi connectivity index (χ0n) is 20.3. The van der Waals surface area contributed by atoms with E-state index in [4.69, 9.17) is 9.97 Å². The van der Waals surface area contributed by atoms with E-state index in [2.05, 4.69) is 134 Å². The highest BCUT2D eigenvalue weighted by atomic mass is 15.2. The minimum Gasteiger partial charge on any atom is -0.278 e. The minimum atomic E-state index is -0.159. The summed E-state index contributed by atoms with van der Waals surface area (Å²) in [6, 6.07) is 36.2. The molecule has 4 aromatic carbocycles. The molecule has 0 bridgehead atoms. The van der Waals surface area contributed by atoms with Crippen LogP contribution in [0.15, 0.2) is 109 Å². The number of hydrogen-bond donors (Lipinski definition) is 0. The minimum absolute atomic E-state index is 0.159. The lowest BCUT2D eigenvalue weighted by Gasteiger charge is -2.23. The van der Waals surface area contributed by atoms with Gasteiger partial charge in [-0.05, 0) is 29.3 Å². The van der Waals surface area contributed by atoms with Gasteiger partial charge in [0.2, 0.25) is 5.95 Å². The molecular weight excluding hydrogens is 438 g/mol. The van der Waals surface area contributed by atoms with Crippen LogP contribution < -0.4 is 0 Å². The topological polar surface area (TPSA) is 30.7 Å². The number of fused-ring (bicyclic) bond motifs is 4. The maximum Gasteiger partial charge on any atom is 0.235 e. The van der Waals surface area contributed by atoms with Crippen molar-refractivity contribution < 1.29 is 0 Å². The first-order valence-corrected chi connectivity index (χ1v) is 12.4. The third kappa shape index (κ3) is 3.06. The molecule has 36 heavy (non-hydrogen) atoms. The molecule has 3 nitrogen and oxygen atoms in total. The summed E-state index contributed by atoms with van der Waals surface area (Å²) in [6.45, 7) is 4.49.